The molecule has 240 valence electrons. The minimum absolute atomic E-state index is 0.0302. The Balaban J connectivity index is 1.27. The van der Waals surface area contributed by atoms with E-state index in [1.165, 1.54) is 44.5 Å². The molecule has 6 nitrogen and oxygen atoms in total. The van der Waals surface area contributed by atoms with Crippen LogP contribution in [0.2, 0.25) is 0 Å². The Morgan fingerprint density at radius 3 is 2.42 bits per heavy atom. The van der Waals surface area contributed by atoms with Gasteiger partial charge >= 0.3 is 0 Å². The number of hydrogen-bond acceptors (Lipinski definition) is 6. The number of para-hydroxylation sites is 3. The molecule has 5 aliphatic rings. The third-order valence-electron chi connectivity index (χ3n) is 11.7. The smallest absolute Gasteiger partial charge is 0.159 e. The Hall–Kier alpha value is -5.10. The standard InChI is InChI=1S/C42H41N5O/c1-28-44-22-9-11-30-21-23-46-35-14-6-3-10-29(35)17-18-31-19-20-33-32-12-5-8-16-37(32)48-41(33)40(31)47-26-24-43(2)42(47)38(39(30)46)34-13-4-7-15-36(34)45(28)27-25-44/h3-8,10,12-16,19-21,23-28,30,38-39,42H,9,11,17-18,22H2,1-2H3. The fraction of sp³-hybridized carbons (Fsp3) is 0.286. The summed E-state index contributed by atoms with van der Waals surface area (Å²) in [6.45, 7) is 3.41. The van der Waals surface area contributed by atoms with E-state index >= 15 is 0 Å². The monoisotopic (exact) mass is 631 g/mol. The van der Waals surface area contributed by atoms with Crippen LogP contribution < -0.4 is 14.7 Å². The molecular weight excluding hydrogens is 590 g/mol. The highest BCUT2D eigenvalue weighted by molar-refractivity contribution is 6.09. The Labute approximate surface area is 282 Å². The summed E-state index contributed by atoms with van der Waals surface area (Å²) in [6.07, 6.45) is 18.6. The SMILES string of the molecule is CC1N2C=CN1c1ccccc1C1C3C(C=CN3c3ccccc3CCc3ccc4c(oc5ccccc54)c3N3C=CN(C)C13)CCC2. The molecule has 5 aromatic rings. The fourth-order valence-electron chi connectivity index (χ4n) is 9.44. The zero-order chi connectivity index (χ0) is 31.9. The number of anilines is 3. The maximum Gasteiger partial charge on any atom is 0.159 e. The summed E-state index contributed by atoms with van der Waals surface area (Å²) in [4.78, 5) is 12.7. The van der Waals surface area contributed by atoms with Gasteiger partial charge in [0.25, 0.3) is 0 Å². The van der Waals surface area contributed by atoms with Crippen LogP contribution in [0.1, 0.15) is 42.4 Å². The quantitative estimate of drug-likeness (QED) is 0.170. The van der Waals surface area contributed by atoms with Crippen LogP contribution in [0.5, 0.6) is 0 Å². The Bertz CT molecular complexity index is 2140. The molecule has 6 heterocycles. The number of furan rings is 1. The third kappa shape index (κ3) is 4.04. The summed E-state index contributed by atoms with van der Waals surface area (Å²) in [7, 11) is 2.27. The summed E-state index contributed by atoms with van der Waals surface area (Å²) < 4.78 is 6.84. The van der Waals surface area contributed by atoms with E-state index in [4.69, 9.17) is 4.42 Å². The van der Waals surface area contributed by atoms with Gasteiger partial charge in [-0.1, -0.05) is 72.8 Å². The van der Waals surface area contributed by atoms with Gasteiger partial charge in [0.15, 0.2) is 5.58 Å². The van der Waals surface area contributed by atoms with E-state index in [1.54, 1.807) is 0 Å². The van der Waals surface area contributed by atoms with Crippen LogP contribution in [0.15, 0.2) is 126 Å². The lowest BCUT2D eigenvalue weighted by Gasteiger charge is -2.45. The summed E-state index contributed by atoms with van der Waals surface area (Å²) in [6, 6.07) is 31.7. The lowest BCUT2D eigenvalue weighted by Crippen LogP contribution is -2.51. The second-order valence-electron chi connectivity index (χ2n) is 14.2. The third-order valence-corrected chi connectivity index (χ3v) is 11.7. The number of nitrogens with zero attached hydrogens (tertiary/aromatic N) is 5. The molecule has 0 saturated heterocycles. The average Bonchev–Trinajstić information content (AvgIpc) is 3.89. The highest BCUT2D eigenvalue weighted by Crippen LogP contribution is 2.50. The number of rotatable bonds is 0. The molecule has 0 spiro atoms. The summed E-state index contributed by atoms with van der Waals surface area (Å²) in [5.41, 5.74) is 9.89. The van der Waals surface area contributed by atoms with Gasteiger partial charge in [0.05, 0.1) is 11.7 Å². The molecule has 0 saturated carbocycles. The second-order valence-corrected chi connectivity index (χ2v) is 14.2. The van der Waals surface area contributed by atoms with Gasteiger partial charge in [-0.05, 0) is 67.5 Å². The van der Waals surface area contributed by atoms with Crippen molar-refractivity contribution < 1.29 is 4.42 Å². The van der Waals surface area contributed by atoms with Crippen molar-refractivity contribution in [3.8, 4) is 0 Å². The Kier molecular flexibility index (Phi) is 6.24. The van der Waals surface area contributed by atoms with Crippen LogP contribution in [0, 0.1) is 5.92 Å². The number of benzene rings is 4. The van der Waals surface area contributed by atoms with Crippen LogP contribution >= 0.6 is 0 Å². The Morgan fingerprint density at radius 2 is 1.48 bits per heavy atom. The van der Waals surface area contributed by atoms with E-state index in [0.29, 0.717) is 5.92 Å². The van der Waals surface area contributed by atoms with Gasteiger partial charge in [0.2, 0.25) is 0 Å². The first kappa shape index (κ1) is 28.0. The average molecular weight is 632 g/mol. The van der Waals surface area contributed by atoms with Crippen LogP contribution in [-0.4, -0.2) is 41.8 Å². The Morgan fingerprint density at radius 1 is 0.688 bits per heavy atom. The van der Waals surface area contributed by atoms with Crippen molar-refractivity contribution in [1.29, 1.82) is 0 Å². The first-order valence-electron chi connectivity index (χ1n) is 17.6. The van der Waals surface area contributed by atoms with Crippen molar-refractivity contribution in [2.75, 3.05) is 28.3 Å². The summed E-state index contributed by atoms with van der Waals surface area (Å²) in [5, 5.41) is 2.36. The van der Waals surface area contributed by atoms with Crippen molar-refractivity contribution >= 4 is 39.0 Å². The maximum atomic E-state index is 6.84. The molecule has 0 radical (unpaired) electrons. The van der Waals surface area contributed by atoms with E-state index in [9.17, 15) is 0 Å². The molecule has 48 heavy (non-hydrogen) atoms. The van der Waals surface area contributed by atoms with Crippen molar-refractivity contribution in [3.63, 3.8) is 0 Å². The topological polar surface area (TPSA) is 29.3 Å². The van der Waals surface area contributed by atoms with Crippen LogP contribution in [0.4, 0.5) is 17.1 Å². The molecule has 4 aromatic carbocycles. The van der Waals surface area contributed by atoms with Crippen molar-refractivity contribution in [2.45, 2.75) is 56.9 Å². The lowest BCUT2D eigenvalue weighted by atomic mass is 9.78. The van der Waals surface area contributed by atoms with Gasteiger partial charge in [-0.2, -0.15) is 0 Å². The van der Waals surface area contributed by atoms with Gasteiger partial charge in [0, 0.05) is 78.6 Å². The first-order chi connectivity index (χ1) is 23.7. The normalized spacial score (nSPS) is 25.9. The molecule has 5 aliphatic heterocycles. The number of likely N-dealkylation sites (N-methyl/N-ethyl adjacent to an activating group) is 1. The first-order valence-corrected chi connectivity index (χ1v) is 17.6. The number of aryl methyl sites for hydroxylation is 2. The number of hydrogen-bond donors (Lipinski definition) is 0. The van der Waals surface area contributed by atoms with Crippen LogP contribution in [0.25, 0.3) is 21.9 Å². The van der Waals surface area contributed by atoms with E-state index in [-0.39, 0.29) is 24.3 Å². The fourth-order valence-corrected chi connectivity index (χ4v) is 9.44. The molecule has 2 bridgehead atoms. The van der Waals surface area contributed by atoms with Gasteiger partial charge in [0.1, 0.15) is 17.9 Å². The van der Waals surface area contributed by atoms with E-state index < -0.39 is 0 Å². The molecule has 0 fully saturated rings. The molecule has 5 unspecified atom stereocenters. The zero-order valence-electron chi connectivity index (χ0n) is 27.6. The molecule has 5 atom stereocenters. The molecule has 10 rings (SSSR count). The minimum Gasteiger partial charge on any atom is -0.454 e. The number of fused-ring (bicyclic) bond motifs is 15. The predicted molar refractivity (Wildman–Crippen MR) is 196 cm³/mol. The molecule has 0 N–H and O–H groups in total. The van der Waals surface area contributed by atoms with E-state index in [0.717, 1.165) is 43.4 Å². The minimum atomic E-state index is 0.0302. The highest BCUT2D eigenvalue weighted by atomic mass is 16.3. The zero-order valence-corrected chi connectivity index (χ0v) is 27.6. The molecule has 0 aliphatic carbocycles. The molecule has 0 amide bonds. The summed E-state index contributed by atoms with van der Waals surface area (Å²) in [5.74, 6) is 0.536. The van der Waals surface area contributed by atoms with Crippen molar-refractivity contribution in [1.82, 2.24) is 9.80 Å². The molecule has 1 aromatic heterocycles. The molecular formula is C42H41N5O. The van der Waals surface area contributed by atoms with Crippen LogP contribution in [0.3, 0.4) is 0 Å². The largest absolute Gasteiger partial charge is 0.454 e. The van der Waals surface area contributed by atoms with E-state index in [2.05, 4.69) is 160 Å². The van der Waals surface area contributed by atoms with E-state index in [1.807, 2.05) is 0 Å². The second kappa shape index (κ2) is 10.7. The molecule has 6 heteroatoms. The van der Waals surface area contributed by atoms with Gasteiger partial charge in [-0.25, -0.2) is 0 Å². The highest BCUT2D eigenvalue weighted by Gasteiger charge is 2.48. The summed E-state index contributed by atoms with van der Waals surface area (Å²) >= 11 is 0. The lowest BCUT2D eigenvalue weighted by molar-refractivity contribution is 0.255. The van der Waals surface area contributed by atoms with Crippen molar-refractivity contribution in [2.24, 2.45) is 5.92 Å². The maximum absolute atomic E-state index is 6.84. The van der Waals surface area contributed by atoms with Crippen molar-refractivity contribution in [3.05, 3.63) is 139 Å². The van der Waals surface area contributed by atoms with Gasteiger partial charge < -0.3 is 28.9 Å². The van der Waals surface area contributed by atoms with Gasteiger partial charge in [-0.3, -0.25) is 0 Å². The predicted octanol–water partition coefficient (Wildman–Crippen LogP) is 8.77. The van der Waals surface area contributed by atoms with Gasteiger partial charge in [-0.15, -0.1) is 0 Å². The van der Waals surface area contributed by atoms with Crippen LogP contribution in [-0.2, 0) is 12.8 Å².